The minimum Gasteiger partial charge on any atom is -0.457 e. The van der Waals surface area contributed by atoms with Crippen molar-refractivity contribution in [3.05, 3.63) is 23.8 Å². The molecule has 1 fully saturated rings. The number of thioether (sulfide) groups is 1. The van der Waals surface area contributed by atoms with Crippen molar-refractivity contribution in [1.82, 2.24) is 4.90 Å². The van der Waals surface area contributed by atoms with Crippen LogP contribution < -0.4 is 0 Å². The molecule has 3 atom stereocenters. The Hall–Kier alpha value is -1.27. The van der Waals surface area contributed by atoms with E-state index in [0.29, 0.717) is 12.3 Å². The number of hydrogen-bond donors (Lipinski definition) is 0. The Balaban J connectivity index is 1.99. The van der Waals surface area contributed by atoms with E-state index in [-0.39, 0.29) is 29.9 Å². The fourth-order valence-electron chi connectivity index (χ4n) is 2.23. The number of amides is 1. The molecule has 2 aliphatic rings. The summed E-state index contributed by atoms with van der Waals surface area (Å²) in [5.74, 6) is -0.741. The molecule has 0 aromatic rings. The summed E-state index contributed by atoms with van der Waals surface area (Å²) in [6.07, 6.45) is 1.36. The molecule has 0 radical (unpaired) electrons. The quantitative estimate of drug-likeness (QED) is 0.420. The number of fused-ring (bicyclic) bond motifs is 1. The zero-order valence-corrected chi connectivity index (χ0v) is 11.8. The zero-order valence-electron chi connectivity index (χ0n) is 11.0. The Morgan fingerprint density at radius 3 is 3.05 bits per heavy atom. The van der Waals surface area contributed by atoms with Crippen LogP contribution in [0.3, 0.4) is 0 Å². The molecule has 19 heavy (non-hydrogen) atoms. The van der Waals surface area contributed by atoms with Crippen LogP contribution >= 0.6 is 11.8 Å². The summed E-state index contributed by atoms with van der Waals surface area (Å²) in [6, 6.07) is 0. The van der Waals surface area contributed by atoms with Crippen LogP contribution in [0.2, 0.25) is 0 Å². The predicted molar refractivity (Wildman–Crippen MR) is 72.0 cm³/mol. The molecule has 104 valence electrons. The van der Waals surface area contributed by atoms with Gasteiger partial charge in [0.05, 0.1) is 12.0 Å². The molecule has 0 N–H and O–H groups in total. The van der Waals surface area contributed by atoms with Gasteiger partial charge in [-0.3, -0.25) is 9.69 Å². The van der Waals surface area contributed by atoms with Crippen molar-refractivity contribution < 1.29 is 19.1 Å². The highest BCUT2D eigenvalue weighted by Gasteiger charge is 2.56. The van der Waals surface area contributed by atoms with Crippen molar-refractivity contribution in [1.29, 1.82) is 0 Å². The van der Waals surface area contributed by atoms with Gasteiger partial charge >= 0.3 is 5.97 Å². The van der Waals surface area contributed by atoms with Crippen LogP contribution in [0.5, 0.6) is 0 Å². The number of esters is 1. The van der Waals surface area contributed by atoms with Crippen LogP contribution in [-0.4, -0.2) is 41.5 Å². The minimum absolute atomic E-state index is 0.0414. The zero-order chi connectivity index (χ0) is 14.0. The lowest BCUT2D eigenvalue weighted by atomic mass is 9.92. The first-order valence-electron chi connectivity index (χ1n) is 6.20. The third-order valence-electron chi connectivity index (χ3n) is 3.14. The van der Waals surface area contributed by atoms with Crippen LogP contribution in [0.4, 0.5) is 0 Å². The summed E-state index contributed by atoms with van der Waals surface area (Å²) in [7, 11) is 0. The number of nitrogens with zero attached hydrogens (tertiary/aromatic N) is 1. The molecule has 0 aliphatic carbocycles. The molecule has 2 heterocycles. The molecule has 1 amide bonds. The number of hydrogen-bond acceptors (Lipinski definition) is 5. The highest BCUT2D eigenvalue weighted by atomic mass is 32.2. The second kappa shape index (κ2) is 5.79. The van der Waals surface area contributed by atoms with E-state index in [4.69, 9.17) is 9.47 Å². The lowest BCUT2D eigenvalue weighted by molar-refractivity contribution is -0.159. The molecule has 2 aliphatic heterocycles. The second-order valence-corrected chi connectivity index (χ2v) is 5.30. The summed E-state index contributed by atoms with van der Waals surface area (Å²) >= 11 is 1.46. The van der Waals surface area contributed by atoms with Crippen molar-refractivity contribution in [2.24, 2.45) is 5.92 Å². The third-order valence-corrected chi connectivity index (χ3v) is 4.28. The second-order valence-electron chi connectivity index (χ2n) is 4.31. The van der Waals surface area contributed by atoms with Gasteiger partial charge in [0.25, 0.3) is 0 Å². The van der Waals surface area contributed by atoms with Crippen LogP contribution in [0.15, 0.2) is 23.8 Å². The Morgan fingerprint density at radius 1 is 1.68 bits per heavy atom. The van der Waals surface area contributed by atoms with E-state index in [1.807, 2.05) is 13.8 Å². The van der Waals surface area contributed by atoms with Crippen molar-refractivity contribution >= 4 is 23.6 Å². The van der Waals surface area contributed by atoms with Crippen LogP contribution in [0.1, 0.15) is 13.8 Å². The molecule has 2 rings (SSSR count). The van der Waals surface area contributed by atoms with E-state index in [1.54, 1.807) is 5.41 Å². The predicted octanol–water partition coefficient (Wildman–Crippen LogP) is 1.51. The summed E-state index contributed by atoms with van der Waals surface area (Å²) in [5.41, 5.74) is 0.321. The molecule has 0 aromatic carbocycles. The lowest BCUT2D eigenvalue weighted by Crippen LogP contribution is -2.61. The number of carbonyl (C=O) groups is 2. The summed E-state index contributed by atoms with van der Waals surface area (Å²) in [6.45, 7) is 7.98. The van der Waals surface area contributed by atoms with Gasteiger partial charge < -0.3 is 9.47 Å². The highest BCUT2D eigenvalue weighted by Crippen LogP contribution is 2.46. The Morgan fingerprint density at radius 2 is 2.42 bits per heavy atom. The largest absolute Gasteiger partial charge is 0.457 e. The standard InChI is InChI=1S/C13H17NO4S/c1-4-6-18-13(16)9-7-19-12-10(8(3)17-5-2)11(15)14(9)12/h4,7-8,10,12H,1,5-6H2,2-3H3/t8?,10-,12-/m0/s1. The average molecular weight is 283 g/mol. The van der Waals surface area contributed by atoms with E-state index >= 15 is 0 Å². The summed E-state index contributed by atoms with van der Waals surface area (Å²) in [4.78, 5) is 25.4. The van der Waals surface area contributed by atoms with Gasteiger partial charge in [0.2, 0.25) is 5.91 Å². The Labute approximate surface area is 116 Å². The van der Waals surface area contributed by atoms with E-state index in [1.165, 1.54) is 22.7 Å². The number of β-lactam (4-membered cyclic amide) rings is 1. The first-order valence-corrected chi connectivity index (χ1v) is 7.14. The molecule has 0 saturated carbocycles. The van der Waals surface area contributed by atoms with Crippen LogP contribution in [0.25, 0.3) is 0 Å². The van der Waals surface area contributed by atoms with E-state index < -0.39 is 5.97 Å². The van der Waals surface area contributed by atoms with Crippen LogP contribution in [-0.2, 0) is 19.1 Å². The average Bonchev–Trinajstić information content (AvgIpc) is 2.75. The summed E-state index contributed by atoms with van der Waals surface area (Å²) < 4.78 is 10.4. The van der Waals surface area contributed by atoms with Gasteiger partial charge in [-0.15, -0.1) is 11.8 Å². The number of ether oxygens (including phenoxy) is 2. The van der Waals surface area contributed by atoms with Gasteiger partial charge in [-0.25, -0.2) is 4.79 Å². The molecule has 5 nitrogen and oxygen atoms in total. The highest BCUT2D eigenvalue weighted by molar-refractivity contribution is 8.03. The smallest absolute Gasteiger partial charge is 0.355 e. The molecule has 0 bridgehead atoms. The summed E-state index contributed by atoms with van der Waals surface area (Å²) in [5, 5.41) is 1.65. The minimum atomic E-state index is -0.481. The maximum atomic E-state index is 12.1. The van der Waals surface area contributed by atoms with Gasteiger partial charge in [0, 0.05) is 12.0 Å². The lowest BCUT2D eigenvalue weighted by Gasteiger charge is -2.44. The molecule has 0 aromatic heterocycles. The molecule has 0 spiro atoms. The number of carbonyl (C=O) groups excluding carboxylic acids is 2. The normalized spacial score (nSPS) is 26.3. The van der Waals surface area contributed by atoms with E-state index in [0.717, 1.165) is 0 Å². The van der Waals surface area contributed by atoms with Crippen molar-refractivity contribution in [3.8, 4) is 0 Å². The fraction of sp³-hybridized carbons (Fsp3) is 0.538. The number of rotatable bonds is 6. The fourth-order valence-corrected chi connectivity index (χ4v) is 3.56. The van der Waals surface area contributed by atoms with Gasteiger partial charge in [-0.05, 0) is 13.8 Å². The van der Waals surface area contributed by atoms with Crippen molar-refractivity contribution in [2.75, 3.05) is 13.2 Å². The molecule has 1 saturated heterocycles. The monoisotopic (exact) mass is 283 g/mol. The van der Waals surface area contributed by atoms with Crippen molar-refractivity contribution in [2.45, 2.75) is 25.3 Å². The van der Waals surface area contributed by atoms with Crippen molar-refractivity contribution in [3.63, 3.8) is 0 Å². The van der Waals surface area contributed by atoms with Gasteiger partial charge in [-0.1, -0.05) is 12.7 Å². The first kappa shape index (κ1) is 14.1. The third kappa shape index (κ3) is 2.42. The van der Waals surface area contributed by atoms with E-state index in [9.17, 15) is 9.59 Å². The van der Waals surface area contributed by atoms with Gasteiger partial charge in [-0.2, -0.15) is 0 Å². The van der Waals surface area contributed by atoms with Gasteiger partial charge in [0.1, 0.15) is 17.7 Å². The SMILES string of the molecule is C=CCOC(=O)C1=CS[C@H]2[C@@H](C(C)OCC)C(=O)N12. The molecule has 1 unspecified atom stereocenters. The maximum absolute atomic E-state index is 12.1. The van der Waals surface area contributed by atoms with E-state index in [2.05, 4.69) is 6.58 Å². The first-order chi connectivity index (χ1) is 9.11. The maximum Gasteiger partial charge on any atom is 0.355 e. The topological polar surface area (TPSA) is 55.8 Å². The molecular weight excluding hydrogens is 266 g/mol. The Bertz CT molecular complexity index is 434. The van der Waals surface area contributed by atoms with Crippen LogP contribution in [0, 0.1) is 5.92 Å². The Kier molecular flexibility index (Phi) is 4.31. The molecule has 6 heteroatoms. The van der Waals surface area contributed by atoms with Gasteiger partial charge in [0.15, 0.2) is 0 Å². The molecular formula is C13H17NO4S.